The average Bonchev–Trinajstić information content (AvgIpc) is 2.63. The molecule has 0 aromatic heterocycles. The van der Waals surface area contributed by atoms with Gasteiger partial charge in [-0.25, -0.2) is 14.6 Å². The zero-order chi connectivity index (χ0) is 19.6. The topological polar surface area (TPSA) is 79.2 Å². The van der Waals surface area contributed by atoms with Crippen LogP contribution in [0.1, 0.15) is 23.5 Å². The molecule has 0 aliphatic carbocycles. The normalized spacial score (nSPS) is 18.4. The van der Waals surface area contributed by atoms with Gasteiger partial charge in [-0.15, -0.1) is 0 Å². The van der Waals surface area contributed by atoms with Crippen LogP contribution in [0.2, 0.25) is 10.0 Å². The van der Waals surface area contributed by atoms with E-state index in [1.807, 2.05) is 24.3 Å². The maximum atomic E-state index is 11.8. The monoisotopic (exact) mass is 406 g/mol. The second kappa shape index (κ2) is 8.01. The molecular formula is C19H16Cl2N2O4. The molecule has 2 aromatic carbocycles. The summed E-state index contributed by atoms with van der Waals surface area (Å²) in [6, 6.07) is 9.70. The molecule has 0 fully saturated rings. The number of benzene rings is 2. The zero-order valence-corrected chi connectivity index (χ0v) is 15.9. The highest BCUT2D eigenvalue weighted by Crippen LogP contribution is 2.45. The molecule has 0 amide bonds. The van der Waals surface area contributed by atoms with Gasteiger partial charge in [-0.2, -0.15) is 0 Å². The molecular weight excluding hydrogens is 391 g/mol. The molecule has 0 spiro atoms. The molecule has 140 valence electrons. The standard InChI is InChI=1S/C19H16Cl2N2O4/c1-27-14-4-2-3-11(6-14)5-12-7-17(19(25)26)23(22-10-24)16-9-13(20)8-15(21)18(12)16/h2-4,6,8-9,12,17H,5,7H2,1H3,(H,25,26)/t12-,17+/m0/s1. The van der Waals surface area contributed by atoms with E-state index in [0.29, 0.717) is 33.5 Å². The third-order valence-electron chi connectivity index (χ3n) is 4.58. The lowest BCUT2D eigenvalue weighted by Crippen LogP contribution is -2.43. The Morgan fingerprint density at radius 1 is 1.37 bits per heavy atom. The van der Waals surface area contributed by atoms with Gasteiger partial charge in [-0.05, 0) is 54.2 Å². The van der Waals surface area contributed by atoms with E-state index in [1.165, 1.54) is 6.08 Å². The Hall–Kier alpha value is -2.53. The van der Waals surface area contributed by atoms with Gasteiger partial charge in [0.05, 0.1) is 12.8 Å². The lowest BCUT2D eigenvalue weighted by Gasteiger charge is -2.37. The first-order valence-electron chi connectivity index (χ1n) is 8.16. The number of isocyanates is 1. The van der Waals surface area contributed by atoms with Crippen LogP contribution in [0.3, 0.4) is 0 Å². The van der Waals surface area contributed by atoms with Gasteiger partial charge in [-0.1, -0.05) is 40.4 Å². The molecule has 8 heteroatoms. The van der Waals surface area contributed by atoms with E-state index in [0.717, 1.165) is 10.6 Å². The second-order valence-corrected chi connectivity index (χ2v) is 7.04. The number of ether oxygens (including phenoxy) is 1. The van der Waals surface area contributed by atoms with Crippen molar-refractivity contribution in [3.8, 4) is 5.75 Å². The number of nitrogens with zero attached hydrogens (tertiary/aromatic N) is 2. The number of fused-ring (bicyclic) bond motifs is 1. The smallest absolute Gasteiger partial charge is 0.328 e. The van der Waals surface area contributed by atoms with E-state index in [-0.39, 0.29) is 12.3 Å². The predicted octanol–water partition coefficient (Wildman–Crippen LogP) is 4.24. The van der Waals surface area contributed by atoms with Crippen molar-refractivity contribution in [3.63, 3.8) is 0 Å². The van der Waals surface area contributed by atoms with Gasteiger partial charge in [0, 0.05) is 10.0 Å². The number of hydrazone groups is 1. The first-order valence-corrected chi connectivity index (χ1v) is 8.92. The Balaban J connectivity index is 2.10. The number of halogens is 2. The fourth-order valence-electron chi connectivity index (χ4n) is 3.46. The van der Waals surface area contributed by atoms with Gasteiger partial charge in [0.25, 0.3) is 6.08 Å². The maximum Gasteiger partial charge on any atom is 0.328 e. The van der Waals surface area contributed by atoms with Crippen molar-refractivity contribution in [3.05, 3.63) is 57.6 Å². The van der Waals surface area contributed by atoms with Crippen molar-refractivity contribution in [2.45, 2.75) is 24.8 Å². The molecule has 1 aliphatic rings. The Kier molecular flexibility index (Phi) is 5.71. The summed E-state index contributed by atoms with van der Waals surface area (Å²) in [6.45, 7) is 0. The minimum Gasteiger partial charge on any atom is -0.497 e. The molecule has 0 saturated heterocycles. The number of hydrogen-bond donors (Lipinski definition) is 1. The summed E-state index contributed by atoms with van der Waals surface area (Å²) in [6.07, 6.45) is 2.19. The minimum absolute atomic E-state index is 0.198. The molecule has 2 atom stereocenters. The van der Waals surface area contributed by atoms with E-state index >= 15 is 0 Å². The fourth-order valence-corrected chi connectivity index (χ4v) is 4.10. The van der Waals surface area contributed by atoms with Crippen LogP contribution in [-0.4, -0.2) is 30.3 Å². The molecule has 0 unspecified atom stereocenters. The lowest BCUT2D eigenvalue weighted by atomic mass is 9.82. The average molecular weight is 407 g/mol. The van der Waals surface area contributed by atoms with Gasteiger partial charge < -0.3 is 9.84 Å². The minimum atomic E-state index is -1.09. The van der Waals surface area contributed by atoms with Gasteiger partial charge in [0.1, 0.15) is 5.75 Å². The number of carboxylic acid groups (broad SMARTS) is 1. The van der Waals surface area contributed by atoms with Crippen molar-refractivity contribution in [2.24, 2.45) is 5.10 Å². The Morgan fingerprint density at radius 3 is 2.81 bits per heavy atom. The fraction of sp³-hybridized carbons (Fsp3) is 0.263. The number of methoxy groups -OCH3 is 1. The number of anilines is 1. The highest BCUT2D eigenvalue weighted by molar-refractivity contribution is 6.35. The van der Waals surface area contributed by atoms with E-state index in [9.17, 15) is 14.7 Å². The molecule has 27 heavy (non-hydrogen) atoms. The molecule has 3 rings (SSSR count). The van der Waals surface area contributed by atoms with E-state index in [2.05, 4.69) is 5.10 Å². The summed E-state index contributed by atoms with van der Waals surface area (Å²) in [4.78, 5) is 22.7. The number of aliphatic carboxylic acids is 1. The third-order valence-corrected chi connectivity index (χ3v) is 5.11. The first kappa shape index (κ1) is 19.2. The number of rotatable bonds is 5. The summed E-state index contributed by atoms with van der Waals surface area (Å²) in [7, 11) is 1.59. The van der Waals surface area contributed by atoms with Crippen LogP contribution in [0.15, 0.2) is 41.5 Å². The number of carboxylic acids is 1. The van der Waals surface area contributed by atoms with Crippen LogP contribution in [0, 0.1) is 0 Å². The molecule has 1 heterocycles. The van der Waals surface area contributed by atoms with Crippen molar-refractivity contribution in [1.29, 1.82) is 0 Å². The van der Waals surface area contributed by atoms with E-state index < -0.39 is 12.0 Å². The summed E-state index contributed by atoms with van der Waals surface area (Å²) in [5.41, 5.74) is 2.09. The van der Waals surface area contributed by atoms with Crippen LogP contribution in [0.5, 0.6) is 5.75 Å². The van der Waals surface area contributed by atoms with Crippen molar-refractivity contribution >= 4 is 40.9 Å². The number of carbonyl (C=O) groups excluding carboxylic acids is 1. The molecule has 1 aliphatic heterocycles. The molecule has 0 saturated carbocycles. The van der Waals surface area contributed by atoms with Crippen molar-refractivity contribution in [2.75, 3.05) is 12.1 Å². The Labute approximate surface area is 165 Å². The molecule has 2 aromatic rings. The van der Waals surface area contributed by atoms with Gasteiger partial charge in [-0.3, -0.25) is 0 Å². The Morgan fingerprint density at radius 2 is 2.15 bits per heavy atom. The number of hydrogen-bond acceptors (Lipinski definition) is 5. The van der Waals surface area contributed by atoms with Crippen LogP contribution in [0.4, 0.5) is 5.69 Å². The highest BCUT2D eigenvalue weighted by atomic mass is 35.5. The highest BCUT2D eigenvalue weighted by Gasteiger charge is 2.38. The summed E-state index contributed by atoms with van der Waals surface area (Å²) in [5.74, 6) is -0.574. The SMILES string of the molecule is COc1cccc(C[C@H]2C[C@H](C(=O)O)N(N=C=O)c3cc(Cl)cc(Cl)c32)c1. The quantitative estimate of drug-likeness (QED) is 0.593. The molecule has 0 bridgehead atoms. The van der Waals surface area contributed by atoms with Crippen LogP contribution in [-0.2, 0) is 16.0 Å². The number of carbonyl (C=O) groups is 1. The summed E-state index contributed by atoms with van der Waals surface area (Å²) < 4.78 is 5.26. The Bertz CT molecular complexity index is 928. The van der Waals surface area contributed by atoms with Gasteiger partial charge >= 0.3 is 5.97 Å². The van der Waals surface area contributed by atoms with Gasteiger partial charge in [0.15, 0.2) is 6.04 Å². The summed E-state index contributed by atoms with van der Waals surface area (Å²) >= 11 is 12.5. The second-order valence-electron chi connectivity index (χ2n) is 6.20. The molecule has 6 nitrogen and oxygen atoms in total. The van der Waals surface area contributed by atoms with Gasteiger partial charge in [0.2, 0.25) is 0 Å². The summed E-state index contributed by atoms with van der Waals surface area (Å²) in [5, 5.41) is 15.1. The van der Waals surface area contributed by atoms with Crippen LogP contribution < -0.4 is 9.75 Å². The van der Waals surface area contributed by atoms with Crippen LogP contribution >= 0.6 is 23.2 Å². The van der Waals surface area contributed by atoms with Crippen LogP contribution in [0.25, 0.3) is 0 Å². The van der Waals surface area contributed by atoms with Crippen molar-refractivity contribution in [1.82, 2.24) is 0 Å². The molecule has 1 N–H and O–H groups in total. The third kappa shape index (κ3) is 3.93. The predicted molar refractivity (Wildman–Crippen MR) is 103 cm³/mol. The van der Waals surface area contributed by atoms with Crippen molar-refractivity contribution < 1.29 is 19.4 Å². The lowest BCUT2D eigenvalue weighted by molar-refractivity contribution is -0.139. The van der Waals surface area contributed by atoms with E-state index in [4.69, 9.17) is 27.9 Å². The maximum absolute atomic E-state index is 11.8. The molecule has 0 radical (unpaired) electrons. The first-order chi connectivity index (χ1) is 12.9. The van der Waals surface area contributed by atoms with E-state index in [1.54, 1.807) is 19.2 Å². The largest absolute Gasteiger partial charge is 0.497 e. The zero-order valence-electron chi connectivity index (χ0n) is 14.4.